The van der Waals surface area contributed by atoms with Crippen LogP contribution in [0.25, 0.3) is 0 Å². The van der Waals surface area contributed by atoms with Crippen molar-refractivity contribution >= 4 is 11.6 Å². The van der Waals surface area contributed by atoms with Gasteiger partial charge in [0.05, 0.1) is 12.5 Å². The Morgan fingerprint density at radius 1 is 1.38 bits per heavy atom. The smallest absolute Gasteiger partial charge is 0.229 e. The van der Waals surface area contributed by atoms with Gasteiger partial charge in [-0.2, -0.15) is 0 Å². The first kappa shape index (κ1) is 11.1. The average Bonchev–Trinajstić information content (AvgIpc) is 2.19. The van der Waals surface area contributed by atoms with Crippen LogP contribution in [0.15, 0.2) is 18.2 Å². The first-order valence-electron chi connectivity index (χ1n) is 5.63. The lowest BCUT2D eigenvalue weighted by Crippen LogP contribution is -2.41. The van der Waals surface area contributed by atoms with Gasteiger partial charge in [0, 0.05) is 12.2 Å². The molecule has 3 nitrogen and oxygen atoms in total. The molecule has 0 saturated carbocycles. The number of aryl methyl sites for hydroxylation is 2. The van der Waals surface area contributed by atoms with Gasteiger partial charge in [-0.15, -0.1) is 0 Å². The lowest BCUT2D eigenvalue weighted by atomic mass is 10.0. The minimum Gasteiger partial charge on any atom is -0.393 e. The molecule has 1 aromatic carbocycles. The van der Waals surface area contributed by atoms with Gasteiger partial charge >= 0.3 is 0 Å². The zero-order chi connectivity index (χ0) is 11.7. The number of hydrogen-bond acceptors (Lipinski definition) is 2. The van der Waals surface area contributed by atoms with Crippen LogP contribution in [0.4, 0.5) is 5.69 Å². The lowest BCUT2D eigenvalue weighted by Gasteiger charge is -2.30. The molecule has 1 fully saturated rings. The second-order valence-corrected chi connectivity index (χ2v) is 4.48. The molecule has 1 amide bonds. The molecular formula is C13H17NO2. The highest BCUT2D eigenvalue weighted by molar-refractivity contribution is 5.95. The van der Waals surface area contributed by atoms with Gasteiger partial charge in [-0.25, -0.2) is 0 Å². The summed E-state index contributed by atoms with van der Waals surface area (Å²) in [5.74, 6) is 0.0192. The number of piperidine rings is 1. The second kappa shape index (κ2) is 4.26. The van der Waals surface area contributed by atoms with Crippen LogP contribution in [-0.4, -0.2) is 23.7 Å². The number of carbonyl (C=O) groups excluding carboxylic acids is 1. The highest BCUT2D eigenvalue weighted by Crippen LogP contribution is 2.25. The fourth-order valence-electron chi connectivity index (χ4n) is 2.18. The van der Waals surface area contributed by atoms with E-state index in [2.05, 4.69) is 6.07 Å². The zero-order valence-electron chi connectivity index (χ0n) is 9.73. The molecule has 1 unspecified atom stereocenters. The number of amides is 1. The molecule has 0 radical (unpaired) electrons. The van der Waals surface area contributed by atoms with Gasteiger partial charge in [0.1, 0.15) is 0 Å². The summed E-state index contributed by atoms with van der Waals surface area (Å²) in [5.41, 5.74) is 3.29. The number of benzene rings is 1. The Morgan fingerprint density at radius 2 is 2.12 bits per heavy atom. The normalized spacial score (nSPS) is 21.3. The van der Waals surface area contributed by atoms with Crippen molar-refractivity contribution in [1.82, 2.24) is 0 Å². The Kier molecular flexibility index (Phi) is 2.97. The maximum absolute atomic E-state index is 11.8. The van der Waals surface area contributed by atoms with Gasteiger partial charge in [0.15, 0.2) is 0 Å². The van der Waals surface area contributed by atoms with Crippen LogP contribution in [0.5, 0.6) is 0 Å². The van der Waals surface area contributed by atoms with Crippen LogP contribution in [0.3, 0.4) is 0 Å². The van der Waals surface area contributed by atoms with Crippen LogP contribution in [0.1, 0.15) is 24.0 Å². The number of aliphatic hydroxyl groups excluding tert-OH is 1. The largest absolute Gasteiger partial charge is 0.393 e. The van der Waals surface area contributed by atoms with Crippen LogP contribution in [0.2, 0.25) is 0 Å². The van der Waals surface area contributed by atoms with Crippen LogP contribution in [0, 0.1) is 13.8 Å². The van der Waals surface area contributed by atoms with Crippen molar-refractivity contribution in [3.8, 4) is 0 Å². The Morgan fingerprint density at radius 3 is 2.75 bits per heavy atom. The van der Waals surface area contributed by atoms with Crippen molar-refractivity contribution in [2.24, 2.45) is 0 Å². The minimum absolute atomic E-state index is 0.0192. The maximum Gasteiger partial charge on any atom is 0.229 e. The minimum atomic E-state index is -0.463. The molecule has 0 bridgehead atoms. The Hall–Kier alpha value is -1.35. The fourth-order valence-corrected chi connectivity index (χ4v) is 2.18. The van der Waals surface area contributed by atoms with E-state index in [4.69, 9.17) is 0 Å². The van der Waals surface area contributed by atoms with Crippen LogP contribution in [-0.2, 0) is 4.79 Å². The molecular weight excluding hydrogens is 202 g/mol. The molecule has 1 N–H and O–H groups in total. The van der Waals surface area contributed by atoms with Gasteiger partial charge in [-0.1, -0.05) is 17.7 Å². The van der Waals surface area contributed by atoms with Crippen molar-refractivity contribution in [2.45, 2.75) is 32.8 Å². The Balaban J connectivity index is 2.27. The number of aliphatic hydroxyl groups is 1. The van der Waals surface area contributed by atoms with E-state index in [1.165, 1.54) is 5.56 Å². The molecule has 0 aliphatic carbocycles. The van der Waals surface area contributed by atoms with Gasteiger partial charge in [-0.05, 0) is 31.9 Å². The third-order valence-electron chi connectivity index (χ3n) is 3.04. The van der Waals surface area contributed by atoms with Gasteiger partial charge in [0.2, 0.25) is 5.91 Å². The molecule has 2 rings (SSSR count). The van der Waals surface area contributed by atoms with E-state index in [-0.39, 0.29) is 12.3 Å². The van der Waals surface area contributed by atoms with Crippen molar-refractivity contribution in [3.05, 3.63) is 29.3 Å². The van der Waals surface area contributed by atoms with Gasteiger partial charge in [-0.3, -0.25) is 4.79 Å². The predicted octanol–water partition coefficient (Wildman–Crippen LogP) is 1.79. The molecule has 1 aromatic rings. The standard InChI is InChI=1S/C13H17NO2/c1-9-3-4-12(10(2)7-9)14-6-5-11(15)8-13(14)16/h3-4,7,11,15H,5-6,8H2,1-2H3. The monoisotopic (exact) mass is 219 g/mol. The van der Waals surface area contributed by atoms with Crippen molar-refractivity contribution in [3.63, 3.8) is 0 Å². The summed E-state index contributed by atoms with van der Waals surface area (Å²) < 4.78 is 0. The number of anilines is 1. The maximum atomic E-state index is 11.8. The topological polar surface area (TPSA) is 40.5 Å². The first-order valence-corrected chi connectivity index (χ1v) is 5.63. The fraction of sp³-hybridized carbons (Fsp3) is 0.462. The summed E-state index contributed by atoms with van der Waals surface area (Å²) >= 11 is 0. The predicted molar refractivity (Wildman–Crippen MR) is 63.5 cm³/mol. The summed E-state index contributed by atoms with van der Waals surface area (Å²) in [7, 11) is 0. The molecule has 3 heteroatoms. The second-order valence-electron chi connectivity index (χ2n) is 4.48. The molecule has 1 atom stereocenters. The Labute approximate surface area is 95.7 Å². The molecule has 16 heavy (non-hydrogen) atoms. The third-order valence-corrected chi connectivity index (χ3v) is 3.04. The summed E-state index contributed by atoms with van der Waals surface area (Å²) in [4.78, 5) is 13.6. The SMILES string of the molecule is Cc1ccc(N2CCC(O)CC2=O)c(C)c1. The van der Waals surface area contributed by atoms with Gasteiger partial charge < -0.3 is 10.0 Å². The highest BCUT2D eigenvalue weighted by atomic mass is 16.3. The van der Waals surface area contributed by atoms with E-state index in [0.29, 0.717) is 13.0 Å². The number of nitrogens with zero attached hydrogens (tertiary/aromatic N) is 1. The molecule has 1 saturated heterocycles. The number of hydrogen-bond donors (Lipinski definition) is 1. The molecule has 1 heterocycles. The summed E-state index contributed by atoms with van der Waals surface area (Å²) in [6.45, 7) is 4.67. The van der Waals surface area contributed by atoms with Gasteiger partial charge in [0.25, 0.3) is 0 Å². The van der Waals surface area contributed by atoms with Crippen molar-refractivity contribution < 1.29 is 9.90 Å². The summed E-state index contributed by atoms with van der Waals surface area (Å²) in [6.07, 6.45) is 0.446. The van der Waals surface area contributed by atoms with Crippen LogP contribution < -0.4 is 4.90 Å². The average molecular weight is 219 g/mol. The molecule has 1 aliphatic rings. The zero-order valence-corrected chi connectivity index (χ0v) is 9.73. The quantitative estimate of drug-likeness (QED) is 0.782. The molecule has 0 spiro atoms. The number of carbonyl (C=O) groups is 1. The van der Waals surface area contributed by atoms with E-state index < -0.39 is 6.10 Å². The molecule has 0 aromatic heterocycles. The summed E-state index contributed by atoms with van der Waals surface area (Å²) in [5, 5.41) is 9.41. The third kappa shape index (κ3) is 2.09. The van der Waals surface area contributed by atoms with Crippen molar-refractivity contribution in [1.29, 1.82) is 0 Å². The van der Waals surface area contributed by atoms with E-state index in [9.17, 15) is 9.90 Å². The van der Waals surface area contributed by atoms with Crippen LogP contribution >= 0.6 is 0 Å². The first-order chi connectivity index (χ1) is 7.58. The van der Waals surface area contributed by atoms with E-state index >= 15 is 0 Å². The van der Waals surface area contributed by atoms with E-state index in [0.717, 1.165) is 11.3 Å². The number of rotatable bonds is 1. The Bertz CT molecular complexity index is 414. The highest BCUT2D eigenvalue weighted by Gasteiger charge is 2.25. The summed E-state index contributed by atoms with van der Waals surface area (Å²) in [6, 6.07) is 6.08. The van der Waals surface area contributed by atoms with E-state index in [1.54, 1.807) is 4.90 Å². The molecule has 86 valence electrons. The lowest BCUT2D eigenvalue weighted by molar-refractivity contribution is -0.122. The molecule has 1 aliphatic heterocycles. The van der Waals surface area contributed by atoms with Crippen molar-refractivity contribution in [2.75, 3.05) is 11.4 Å². The van der Waals surface area contributed by atoms with E-state index in [1.807, 2.05) is 26.0 Å².